The van der Waals surface area contributed by atoms with Crippen LogP contribution in [0.25, 0.3) is 21.9 Å². The van der Waals surface area contributed by atoms with Gasteiger partial charge in [0, 0.05) is 0 Å². The molecule has 0 radical (unpaired) electrons. The largest absolute Gasteiger partial charge is 0.491 e. The molecule has 2 unspecified atom stereocenters. The molecule has 3 aromatic rings. The molecule has 4 nitrogen and oxygen atoms in total. The molecule has 0 aromatic heterocycles. The van der Waals surface area contributed by atoms with E-state index in [-0.39, 0.29) is 12.2 Å². The summed E-state index contributed by atoms with van der Waals surface area (Å²) >= 11 is 0. The maximum Gasteiger partial charge on any atom is 0.120 e. The molecule has 0 spiro atoms. The lowest BCUT2D eigenvalue weighted by Crippen LogP contribution is -2.03. The fraction of sp³-hybridized carbons (Fsp3) is 0.273. The van der Waals surface area contributed by atoms with E-state index in [0.717, 1.165) is 24.7 Å². The van der Waals surface area contributed by atoms with Gasteiger partial charge in [-0.25, -0.2) is 0 Å². The molecule has 2 aliphatic rings. The summed E-state index contributed by atoms with van der Waals surface area (Å²) in [5.41, 5.74) is 2.36. The van der Waals surface area contributed by atoms with Crippen LogP contribution in [0, 0.1) is 0 Å². The molecule has 3 aromatic carbocycles. The first-order valence-corrected chi connectivity index (χ1v) is 8.96. The van der Waals surface area contributed by atoms with Crippen LogP contribution in [0.2, 0.25) is 0 Å². The molecule has 0 aliphatic carbocycles. The Labute approximate surface area is 152 Å². The number of hydrogen-bond donors (Lipinski definition) is 0. The van der Waals surface area contributed by atoms with Gasteiger partial charge in [-0.15, -0.1) is 0 Å². The summed E-state index contributed by atoms with van der Waals surface area (Å²) in [7, 11) is 0. The molecule has 0 bridgehead atoms. The van der Waals surface area contributed by atoms with Gasteiger partial charge in [0.25, 0.3) is 0 Å². The number of hydrogen-bond acceptors (Lipinski definition) is 4. The molecule has 0 amide bonds. The highest BCUT2D eigenvalue weighted by atomic mass is 16.6. The highest BCUT2D eigenvalue weighted by Crippen LogP contribution is 2.28. The van der Waals surface area contributed by atoms with Crippen molar-refractivity contribution in [3.8, 4) is 22.6 Å². The van der Waals surface area contributed by atoms with Crippen LogP contribution in [0.3, 0.4) is 0 Å². The lowest BCUT2D eigenvalue weighted by molar-refractivity contribution is 0.263. The summed E-state index contributed by atoms with van der Waals surface area (Å²) in [6.45, 7) is 2.89. The summed E-state index contributed by atoms with van der Waals surface area (Å²) in [6.07, 6.45) is 0.553. The second-order valence-electron chi connectivity index (χ2n) is 6.78. The van der Waals surface area contributed by atoms with E-state index < -0.39 is 0 Å². The minimum absolute atomic E-state index is 0.275. The Kier molecular flexibility index (Phi) is 4.00. The highest BCUT2D eigenvalue weighted by molar-refractivity contribution is 5.88. The van der Waals surface area contributed by atoms with Gasteiger partial charge in [-0.05, 0) is 52.2 Å². The van der Waals surface area contributed by atoms with Crippen molar-refractivity contribution in [2.45, 2.75) is 12.2 Å². The standard InChI is InChI=1S/C22H20O4/c1-2-18-10-20(24-12-22-14-26-22)8-5-17(18)9-16(1)15-3-6-19(7-4-15)23-11-21-13-25-21/h1-10,21-22H,11-14H2. The fourth-order valence-electron chi connectivity index (χ4n) is 2.94. The SMILES string of the molecule is c1cc(-c2ccc3cc(OCC4CO4)ccc3c2)ccc1OCC1CO1. The van der Waals surface area contributed by atoms with Crippen LogP contribution in [0.5, 0.6) is 11.5 Å². The van der Waals surface area contributed by atoms with Crippen LogP contribution in [0.4, 0.5) is 0 Å². The molecule has 132 valence electrons. The average Bonchev–Trinajstić information content (AvgIpc) is 3.59. The predicted octanol–water partition coefficient (Wildman–Crippen LogP) is 4.06. The molecular weight excluding hydrogens is 328 g/mol. The Morgan fingerprint density at radius 1 is 0.654 bits per heavy atom. The Bertz CT molecular complexity index is 911. The zero-order valence-electron chi connectivity index (χ0n) is 14.4. The molecule has 26 heavy (non-hydrogen) atoms. The van der Waals surface area contributed by atoms with Crippen molar-refractivity contribution in [3.05, 3.63) is 60.7 Å². The third-order valence-corrected chi connectivity index (χ3v) is 4.68. The highest BCUT2D eigenvalue weighted by Gasteiger charge is 2.23. The van der Waals surface area contributed by atoms with Crippen molar-refractivity contribution in [2.75, 3.05) is 26.4 Å². The summed E-state index contributed by atoms with van der Waals surface area (Å²) in [5.74, 6) is 1.77. The van der Waals surface area contributed by atoms with E-state index in [9.17, 15) is 0 Å². The molecule has 4 heteroatoms. The van der Waals surface area contributed by atoms with Crippen molar-refractivity contribution < 1.29 is 18.9 Å². The van der Waals surface area contributed by atoms with Crippen molar-refractivity contribution in [2.24, 2.45) is 0 Å². The Morgan fingerprint density at radius 2 is 1.19 bits per heavy atom. The first kappa shape index (κ1) is 15.7. The third-order valence-electron chi connectivity index (χ3n) is 4.68. The van der Waals surface area contributed by atoms with E-state index in [1.54, 1.807) is 0 Å². The summed E-state index contributed by atoms with van der Waals surface area (Å²) in [5, 5.41) is 2.37. The predicted molar refractivity (Wildman–Crippen MR) is 99.9 cm³/mol. The van der Waals surface area contributed by atoms with Gasteiger partial charge in [0.2, 0.25) is 0 Å². The van der Waals surface area contributed by atoms with Crippen LogP contribution in [0.1, 0.15) is 0 Å². The van der Waals surface area contributed by atoms with Crippen molar-refractivity contribution >= 4 is 10.8 Å². The van der Waals surface area contributed by atoms with E-state index in [1.807, 2.05) is 18.2 Å². The maximum atomic E-state index is 5.76. The van der Waals surface area contributed by atoms with Crippen LogP contribution >= 0.6 is 0 Å². The molecule has 0 saturated carbocycles. The monoisotopic (exact) mass is 348 g/mol. The topological polar surface area (TPSA) is 43.5 Å². The van der Waals surface area contributed by atoms with Gasteiger partial charge in [-0.1, -0.05) is 30.3 Å². The van der Waals surface area contributed by atoms with Crippen molar-refractivity contribution in [1.82, 2.24) is 0 Å². The zero-order valence-corrected chi connectivity index (χ0v) is 14.4. The number of rotatable bonds is 7. The fourth-order valence-corrected chi connectivity index (χ4v) is 2.94. The molecular formula is C22H20O4. The quantitative estimate of drug-likeness (QED) is 0.604. The lowest BCUT2D eigenvalue weighted by Gasteiger charge is -2.09. The minimum Gasteiger partial charge on any atom is -0.491 e. The van der Waals surface area contributed by atoms with E-state index in [4.69, 9.17) is 18.9 Å². The molecule has 2 saturated heterocycles. The summed E-state index contributed by atoms with van der Waals surface area (Å²) < 4.78 is 21.8. The van der Waals surface area contributed by atoms with Gasteiger partial charge in [0.05, 0.1) is 13.2 Å². The van der Waals surface area contributed by atoms with Crippen molar-refractivity contribution in [1.29, 1.82) is 0 Å². The van der Waals surface area contributed by atoms with Gasteiger partial charge in [0.1, 0.15) is 36.9 Å². The Hall–Kier alpha value is -2.56. The number of epoxide rings is 2. The Morgan fingerprint density at radius 3 is 1.88 bits per heavy atom. The molecule has 2 heterocycles. The minimum atomic E-state index is 0.275. The number of fused-ring (bicyclic) bond motifs is 1. The lowest BCUT2D eigenvalue weighted by atomic mass is 10.0. The zero-order chi connectivity index (χ0) is 17.3. The second-order valence-corrected chi connectivity index (χ2v) is 6.78. The molecule has 2 atom stereocenters. The number of ether oxygens (including phenoxy) is 4. The first-order valence-electron chi connectivity index (χ1n) is 8.96. The van der Waals surface area contributed by atoms with Crippen LogP contribution < -0.4 is 9.47 Å². The smallest absolute Gasteiger partial charge is 0.120 e. The summed E-state index contributed by atoms with van der Waals surface area (Å²) in [4.78, 5) is 0. The van der Waals surface area contributed by atoms with Crippen LogP contribution in [-0.4, -0.2) is 38.6 Å². The van der Waals surface area contributed by atoms with E-state index in [0.29, 0.717) is 13.2 Å². The maximum absolute atomic E-state index is 5.76. The van der Waals surface area contributed by atoms with Crippen LogP contribution in [-0.2, 0) is 9.47 Å². The van der Waals surface area contributed by atoms with Gasteiger partial charge >= 0.3 is 0 Å². The van der Waals surface area contributed by atoms with E-state index in [2.05, 4.69) is 42.5 Å². The third kappa shape index (κ3) is 3.66. The van der Waals surface area contributed by atoms with Gasteiger partial charge in [-0.3, -0.25) is 0 Å². The molecule has 2 fully saturated rings. The normalized spacial score (nSPS) is 20.8. The average molecular weight is 348 g/mol. The van der Waals surface area contributed by atoms with Gasteiger partial charge in [0.15, 0.2) is 0 Å². The Balaban J connectivity index is 1.32. The first-order chi connectivity index (χ1) is 12.8. The number of benzene rings is 3. The second kappa shape index (κ2) is 6.63. The summed E-state index contributed by atoms with van der Waals surface area (Å²) in [6, 6.07) is 20.9. The van der Waals surface area contributed by atoms with Gasteiger partial charge in [-0.2, -0.15) is 0 Å². The van der Waals surface area contributed by atoms with E-state index in [1.165, 1.54) is 21.9 Å². The molecule has 2 aliphatic heterocycles. The van der Waals surface area contributed by atoms with Gasteiger partial charge < -0.3 is 18.9 Å². The van der Waals surface area contributed by atoms with Crippen molar-refractivity contribution in [3.63, 3.8) is 0 Å². The molecule has 0 N–H and O–H groups in total. The van der Waals surface area contributed by atoms with E-state index >= 15 is 0 Å². The van der Waals surface area contributed by atoms with Crippen LogP contribution in [0.15, 0.2) is 60.7 Å². The molecule has 5 rings (SSSR count).